The van der Waals surface area contributed by atoms with Gasteiger partial charge in [0, 0.05) is 17.3 Å². The fourth-order valence-electron chi connectivity index (χ4n) is 1.99. The molecule has 2 aromatic rings. The molecule has 2 heterocycles. The molecule has 1 aromatic carbocycles. The molecule has 1 aliphatic rings. The van der Waals surface area contributed by atoms with Crippen LogP contribution < -0.4 is 4.74 Å². The first-order chi connectivity index (χ1) is 7.75. The van der Waals surface area contributed by atoms with Crippen molar-refractivity contribution in [2.75, 3.05) is 13.8 Å². The predicted molar refractivity (Wildman–Crippen MR) is 63.7 cm³/mol. The molecule has 1 aromatic heterocycles. The van der Waals surface area contributed by atoms with E-state index in [1.54, 1.807) is 0 Å². The summed E-state index contributed by atoms with van der Waals surface area (Å²) in [5.41, 5.74) is 0.914. The van der Waals surface area contributed by atoms with Crippen molar-refractivity contribution in [2.45, 2.75) is 6.54 Å². The first-order valence-electron chi connectivity index (χ1n) is 5.14. The molecule has 0 radical (unpaired) electrons. The minimum atomic E-state index is 0.549. The highest BCUT2D eigenvalue weighted by molar-refractivity contribution is 6.34. The van der Waals surface area contributed by atoms with Crippen LogP contribution >= 0.6 is 11.6 Å². The summed E-state index contributed by atoms with van der Waals surface area (Å²) in [6.07, 6.45) is 0. The molecular formula is C12H11ClN2O. The van der Waals surface area contributed by atoms with Crippen LogP contribution in [0, 0.1) is 0 Å². The van der Waals surface area contributed by atoms with Crippen molar-refractivity contribution in [3.63, 3.8) is 0 Å². The fraction of sp³-hybridized carbons (Fsp3) is 0.250. The Morgan fingerprint density at radius 3 is 2.88 bits per heavy atom. The van der Waals surface area contributed by atoms with Gasteiger partial charge in [-0.3, -0.25) is 4.90 Å². The highest BCUT2D eigenvalue weighted by Gasteiger charge is 2.19. The SMILES string of the molecule is CN1COc2c(nc(Cl)c3ccccc23)C1. The molecule has 0 aliphatic carbocycles. The summed E-state index contributed by atoms with van der Waals surface area (Å²) in [4.78, 5) is 6.45. The summed E-state index contributed by atoms with van der Waals surface area (Å²) >= 11 is 6.16. The highest BCUT2D eigenvalue weighted by atomic mass is 35.5. The van der Waals surface area contributed by atoms with E-state index in [2.05, 4.69) is 9.88 Å². The van der Waals surface area contributed by atoms with Crippen molar-refractivity contribution >= 4 is 22.4 Å². The second kappa shape index (κ2) is 3.61. The first-order valence-corrected chi connectivity index (χ1v) is 5.52. The molecule has 4 heteroatoms. The predicted octanol–water partition coefficient (Wildman–Crippen LogP) is 2.67. The van der Waals surface area contributed by atoms with Crippen molar-refractivity contribution in [2.24, 2.45) is 0 Å². The van der Waals surface area contributed by atoms with Crippen LogP contribution in [0.3, 0.4) is 0 Å². The lowest BCUT2D eigenvalue weighted by atomic mass is 10.1. The number of fused-ring (bicyclic) bond motifs is 3. The van der Waals surface area contributed by atoms with Crippen molar-refractivity contribution in [1.29, 1.82) is 0 Å². The van der Waals surface area contributed by atoms with Crippen LogP contribution in [0.15, 0.2) is 24.3 Å². The topological polar surface area (TPSA) is 25.4 Å². The number of hydrogen-bond acceptors (Lipinski definition) is 3. The van der Waals surface area contributed by atoms with Crippen LogP contribution in [0.2, 0.25) is 5.15 Å². The minimum Gasteiger partial charge on any atom is -0.476 e. The van der Waals surface area contributed by atoms with Crippen molar-refractivity contribution < 1.29 is 4.74 Å². The van der Waals surface area contributed by atoms with Crippen LogP contribution in [-0.4, -0.2) is 23.7 Å². The molecule has 1 aliphatic heterocycles. The van der Waals surface area contributed by atoms with Gasteiger partial charge >= 0.3 is 0 Å². The van der Waals surface area contributed by atoms with Gasteiger partial charge in [0.25, 0.3) is 0 Å². The standard InChI is InChI=1S/C12H11ClN2O/c1-15-6-10-11(16-7-15)8-4-2-3-5-9(8)12(13)14-10/h2-5H,6-7H2,1H3. The van der Waals surface area contributed by atoms with E-state index in [4.69, 9.17) is 16.3 Å². The number of benzene rings is 1. The molecule has 0 spiro atoms. The van der Waals surface area contributed by atoms with Crippen molar-refractivity contribution in [3.8, 4) is 5.75 Å². The van der Waals surface area contributed by atoms with Crippen molar-refractivity contribution in [3.05, 3.63) is 35.1 Å². The number of pyridine rings is 1. The Kier molecular flexibility index (Phi) is 2.23. The normalized spacial score (nSPS) is 15.9. The van der Waals surface area contributed by atoms with Gasteiger partial charge in [0.1, 0.15) is 11.9 Å². The molecular weight excluding hydrogens is 224 g/mol. The maximum Gasteiger partial charge on any atom is 0.152 e. The molecule has 0 unspecified atom stereocenters. The van der Waals surface area contributed by atoms with Gasteiger partial charge in [-0.1, -0.05) is 35.9 Å². The second-order valence-electron chi connectivity index (χ2n) is 4.01. The molecule has 0 amide bonds. The van der Waals surface area contributed by atoms with E-state index in [1.165, 1.54) is 0 Å². The maximum atomic E-state index is 6.16. The lowest BCUT2D eigenvalue weighted by Crippen LogP contribution is -2.29. The Labute approximate surface area is 98.6 Å². The third kappa shape index (κ3) is 1.44. The summed E-state index contributed by atoms with van der Waals surface area (Å²) < 4.78 is 5.71. The van der Waals surface area contributed by atoms with Gasteiger partial charge in [-0.2, -0.15) is 0 Å². The summed E-state index contributed by atoms with van der Waals surface area (Å²) in [6.45, 7) is 1.38. The van der Waals surface area contributed by atoms with Gasteiger partial charge in [-0.15, -0.1) is 0 Å². The molecule has 0 N–H and O–H groups in total. The number of halogens is 1. The first kappa shape index (κ1) is 9.87. The molecule has 3 nitrogen and oxygen atoms in total. The summed E-state index contributed by atoms with van der Waals surface area (Å²) in [7, 11) is 1.99. The number of hydrogen-bond donors (Lipinski definition) is 0. The number of rotatable bonds is 0. The number of aromatic nitrogens is 1. The minimum absolute atomic E-state index is 0.549. The Morgan fingerprint density at radius 1 is 1.31 bits per heavy atom. The quantitative estimate of drug-likeness (QED) is 0.656. The van der Waals surface area contributed by atoms with E-state index >= 15 is 0 Å². The van der Waals surface area contributed by atoms with Crippen LogP contribution in [0.5, 0.6) is 5.75 Å². The largest absolute Gasteiger partial charge is 0.476 e. The zero-order chi connectivity index (χ0) is 11.1. The Hall–Kier alpha value is -1.32. The summed E-state index contributed by atoms with van der Waals surface area (Å²) in [5.74, 6) is 0.873. The molecule has 3 rings (SSSR count). The Bertz CT molecular complexity index is 556. The fourth-order valence-corrected chi connectivity index (χ4v) is 2.26. The highest BCUT2D eigenvalue weighted by Crippen LogP contribution is 2.34. The summed E-state index contributed by atoms with van der Waals surface area (Å²) in [6, 6.07) is 7.93. The third-order valence-electron chi connectivity index (χ3n) is 2.74. The van der Waals surface area contributed by atoms with Crippen LogP contribution in [0.4, 0.5) is 0 Å². The molecule has 82 valence electrons. The van der Waals surface area contributed by atoms with E-state index in [1.807, 2.05) is 31.3 Å². The molecule has 0 saturated heterocycles. The van der Waals surface area contributed by atoms with E-state index < -0.39 is 0 Å². The van der Waals surface area contributed by atoms with Gasteiger partial charge in [0.15, 0.2) is 5.75 Å². The second-order valence-corrected chi connectivity index (χ2v) is 4.37. The average molecular weight is 235 g/mol. The summed E-state index contributed by atoms with van der Waals surface area (Å²) in [5, 5.41) is 2.55. The molecule has 0 fully saturated rings. The van der Waals surface area contributed by atoms with Gasteiger partial charge in [0.05, 0.1) is 5.69 Å². The van der Waals surface area contributed by atoms with Gasteiger partial charge in [-0.25, -0.2) is 4.98 Å². The van der Waals surface area contributed by atoms with Crippen LogP contribution in [0.1, 0.15) is 5.69 Å². The molecule has 0 atom stereocenters. The molecule has 16 heavy (non-hydrogen) atoms. The lowest BCUT2D eigenvalue weighted by Gasteiger charge is -2.25. The van der Waals surface area contributed by atoms with Gasteiger partial charge < -0.3 is 4.74 Å². The maximum absolute atomic E-state index is 6.16. The monoisotopic (exact) mass is 234 g/mol. The lowest BCUT2D eigenvalue weighted by molar-refractivity contribution is 0.120. The molecule has 0 saturated carbocycles. The number of ether oxygens (including phenoxy) is 1. The van der Waals surface area contributed by atoms with Crippen molar-refractivity contribution in [1.82, 2.24) is 9.88 Å². The van der Waals surface area contributed by atoms with E-state index in [0.29, 0.717) is 11.9 Å². The van der Waals surface area contributed by atoms with Gasteiger partial charge in [0.2, 0.25) is 0 Å². The van der Waals surface area contributed by atoms with Crippen LogP contribution in [0.25, 0.3) is 10.8 Å². The molecule has 0 bridgehead atoms. The zero-order valence-electron chi connectivity index (χ0n) is 8.90. The Morgan fingerprint density at radius 2 is 2.06 bits per heavy atom. The average Bonchev–Trinajstić information content (AvgIpc) is 2.29. The zero-order valence-corrected chi connectivity index (χ0v) is 9.66. The van der Waals surface area contributed by atoms with Gasteiger partial charge in [-0.05, 0) is 7.05 Å². The Balaban J connectivity index is 2.31. The van der Waals surface area contributed by atoms with E-state index in [9.17, 15) is 0 Å². The third-order valence-corrected chi connectivity index (χ3v) is 3.03. The van der Waals surface area contributed by atoms with Crippen LogP contribution in [-0.2, 0) is 6.54 Å². The van der Waals surface area contributed by atoms with E-state index in [0.717, 1.165) is 28.8 Å². The smallest absolute Gasteiger partial charge is 0.152 e. The number of nitrogens with zero attached hydrogens (tertiary/aromatic N) is 2. The van der Waals surface area contributed by atoms with E-state index in [-0.39, 0.29) is 0 Å².